The Kier molecular flexibility index (Phi) is 7.91. The van der Waals surface area contributed by atoms with Gasteiger partial charge in [-0.05, 0) is 42.7 Å². The molecule has 1 unspecified atom stereocenters. The van der Waals surface area contributed by atoms with Crippen LogP contribution in [0.1, 0.15) is 49.2 Å². The van der Waals surface area contributed by atoms with Crippen LogP contribution in [0.5, 0.6) is 0 Å². The molecule has 4 aromatic rings. The van der Waals surface area contributed by atoms with Gasteiger partial charge in [0.2, 0.25) is 5.91 Å². The van der Waals surface area contributed by atoms with Gasteiger partial charge in [-0.2, -0.15) is 0 Å². The van der Waals surface area contributed by atoms with Crippen molar-refractivity contribution in [3.8, 4) is 11.4 Å². The second-order valence-corrected chi connectivity index (χ2v) is 10.7. The van der Waals surface area contributed by atoms with Crippen molar-refractivity contribution in [3.63, 3.8) is 0 Å². The molecule has 202 valence electrons. The Morgan fingerprint density at radius 3 is 2.51 bits per heavy atom. The van der Waals surface area contributed by atoms with E-state index in [0.717, 1.165) is 49.7 Å². The summed E-state index contributed by atoms with van der Waals surface area (Å²) in [6.45, 7) is 6.24. The van der Waals surface area contributed by atoms with E-state index in [1.54, 1.807) is 0 Å². The summed E-state index contributed by atoms with van der Waals surface area (Å²) in [7, 11) is 0. The van der Waals surface area contributed by atoms with E-state index in [4.69, 9.17) is 9.97 Å². The van der Waals surface area contributed by atoms with Crippen molar-refractivity contribution < 1.29 is 9.59 Å². The maximum absolute atomic E-state index is 13.7. The third kappa shape index (κ3) is 6.45. The Hall–Kier alpha value is -4.20. The molecule has 3 N–H and O–H groups in total. The predicted molar refractivity (Wildman–Crippen MR) is 155 cm³/mol. The first kappa shape index (κ1) is 26.4. The minimum absolute atomic E-state index is 0.0101. The van der Waals surface area contributed by atoms with Crippen LogP contribution >= 0.6 is 0 Å². The van der Waals surface area contributed by atoms with Gasteiger partial charge in [0.05, 0.1) is 5.39 Å². The molecule has 1 fully saturated rings. The van der Waals surface area contributed by atoms with Crippen molar-refractivity contribution in [2.45, 2.75) is 39.5 Å². The Bertz CT molecular complexity index is 1440. The van der Waals surface area contributed by atoms with E-state index in [2.05, 4.69) is 46.8 Å². The van der Waals surface area contributed by atoms with Crippen molar-refractivity contribution in [3.05, 3.63) is 78.0 Å². The lowest BCUT2D eigenvalue weighted by Crippen LogP contribution is -2.45. The van der Waals surface area contributed by atoms with Crippen molar-refractivity contribution >= 4 is 28.7 Å². The number of anilines is 1. The average molecular weight is 525 g/mol. The third-order valence-electron chi connectivity index (χ3n) is 7.47. The summed E-state index contributed by atoms with van der Waals surface area (Å²) in [5.41, 5.74) is 3.42. The van der Waals surface area contributed by atoms with Crippen LogP contribution in [0.2, 0.25) is 0 Å². The summed E-state index contributed by atoms with van der Waals surface area (Å²) < 4.78 is 0. The molecule has 3 heterocycles. The van der Waals surface area contributed by atoms with E-state index < -0.39 is 0 Å². The fourth-order valence-corrected chi connectivity index (χ4v) is 5.35. The lowest BCUT2D eigenvalue weighted by atomic mass is 9.77. The molecule has 0 saturated carbocycles. The molecule has 0 radical (unpaired) electrons. The van der Waals surface area contributed by atoms with Crippen LogP contribution in [-0.2, 0) is 11.2 Å². The number of carbonyl (C=O) groups excluding carboxylic acids is 2. The zero-order chi connectivity index (χ0) is 27.2. The predicted octanol–water partition coefficient (Wildman–Crippen LogP) is 5.05. The molecular formula is C31H36N6O2. The zero-order valence-corrected chi connectivity index (χ0v) is 22.7. The van der Waals surface area contributed by atoms with E-state index in [-0.39, 0.29) is 17.2 Å². The van der Waals surface area contributed by atoms with Crippen LogP contribution < -0.4 is 10.6 Å². The molecule has 5 rings (SSSR count). The summed E-state index contributed by atoms with van der Waals surface area (Å²) in [5.74, 6) is 1.11. The molecule has 2 amide bonds. The average Bonchev–Trinajstić information content (AvgIpc) is 3.39. The van der Waals surface area contributed by atoms with Crippen LogP contribution in [0.25, 0.3) is 22.4 Å². The fourth-order valence-electron chi connectivity index (χ4n) is 5.35. The Labute approximate surface area is 229 Å². The number of fused-ring (bicyclic) bond motifs is 1. The molecule has 2 aromatic heterocycles. The van der Waals surface area contributed by atoms with Gasteiger partial charge in [-0.1, -0.05) is 67.6 Å². The molecule has 39 heavy (non-hydrogen) atoms. The number of aromatic nitrogens is 3. The standard InChI is InChI=1S/C31H36N6O2/c1-22(38)32-17-18-33-28-25-20-26(34-29(25)36-27(35-28)24-12-7-4-8-13-24)30(39)37-19-9-15-31(2,21-37)16-14-23-10-5-3-6-11-23/h3-8,10-13,20H,9,14-19,21H2,1-2H3,(H,32,38)(H2,33,34,35,36). The maximum atomic E-state index is 13.7. The normalized spacial score (nSPS) is 17.2. The number of H-pyrrole nitrogens is 1. The number of nitrogens with one attached hydrogen (secondary N) is 3. The highest BCUT2D eigenvalue weighted by atomic mass is 16.2. The lowest BCUT2D eigenvalue weighted by Gasteiger charge is -2.40. The molecule has 1 aliphatic rings. The smallest absolute Gasteiger partial charge is 0.270 e. The van der Waals surface area contributed by atoms with Gasteiger partial charge in [0.1, 0.15) is 17.2 Å². The highest BCUT2D eigenvalue weighted by molar-refractivity contribution is 6.00. The van der Waals surface area contributed by atoms with Gasteiger partial charge < -0.3 is 20.5 Å². The lowest BCUT2D eigenvalue weighted by molar-refractivity contribution is -0.118. The van der Waals surface area contributed by atoms with Crippen molar-refractivity contribution in [2.24, 2.45) is 5.41 Å². The quantitative estimate of drug-likeness (QED) is 0.266. The maximum Gasteiger partial charge on any atom is 0.270 e. The van der Waals surface area contributed by atoms with Crippen molar-refractivity contribution in [2.75, 3.05) is 31.5 Å². The molecule has 0 bridgehead atoms. The van der Waals surface area contributed by atoms with Gasteiger partial charge in [-0.15, -0.1) is 0 Å². The SMILES string of the molecule is CC(=O)NCCNc1nc(-c2ccccc2)nc2[nH]c(C(=O)N3CCCC(C)(CCc4ccccc4)C3)cc12. The Morgan fingerprint density at radius 1 is 1.03 bits per heavy atom. The zero-order valence-electron chi connectivity index (χ0n) is 22.7. The van der Waals surface area contributed by atoms with Gasteiger partial charge in [0.25, 0.3) is 5.91 Å². The van der Waals surface area contributed by atoms with Gasteiger partial charge in [-0.3, -0.25) is 9.59 Å². The summed E-state index contributed by atoms with van der Waals surface area (Å²) in [4.78, 5) is 39.8. The largest absolute Gasteiger partial charge is 0.368 e. The number of rotatable bonds is 9. The number of aromatic amines is 1. The van der Waals surface area contributed by atoms with E-state index in [9.17, 15) is 9.59 Å². The molecule has 0 aliphatic carbocycles. The first-order chi connectivity index (χ1) is 18.9. The molecule has 8 heteroatoms. The monoisotopic (exact) mass is 524 g/mol. The number of piperidine rings is 1. The summed E-state index contributed by atoms with van der Waals surface area (Å²) in [6, 6.07) is 22.2. The van der Waals surface area contributed by atoms with Crippen LogP contribution in [0.4, 0.5) is 5.82 Å². The first-order valence-corrected chi connectivity index (χ1v) is 13.7. The van der Waals surface area contributed by atoms with E-state index >= 15 is 0 Å². The van der Waals surface area contributed by atoms with Gasteiger partial charge in [0, 0.05) is 38.7 Å². The second kappa shape index (κ2) is 11.7. The second-order valence-electron chi connectivity index (χ2n) is 10.7. The van der Waals surface area contributed by atoms with Crippen LogP contribution in [-0.4, -0.2) is 57.8 Å². The van der Waals surface area contributed by atoms with E-state index in [1.807, 2.05) is 47.4 Å². The molecule has 1 saturated heterocycles. The Balaban J connectivity index is 1.37. The Morgan fingerprint density at radius 2 is 1.77 bits per heavy atom. The number of nitrogens with zero attached hydrogens (tertiary/aromatic N) is 3. The summed E-state index contributed by atoms with van der Waals surface area (Å²) >= 11 is 0. The fraction of sp³-hybridized carbons (Fsp3) is 0.355. The molecule has 1 aliphatic heterocycles. The first-order valence-electron chi connectivity index (χ1n) is 13.7. The highest BCUT2D eigenvalue weighted by Crippen LogP contribution is 2.35. The number of hydrogen-bond acceptors (Lipinski definition) is 5. The summed E-state index contributed by atoms with van der Waals surface area (Å²) in [5, 5.41) is 6.87. The molecule has 2 aromatic carbocycles. The molecule has 0 spiro atoms. The van der Waals surface area contributed by atoms with E-state index in [0.29, 0.717) is 36.1 Å². The minimum Gasteiger partial charge on any atom is -0.368 e. The number of carbonyl (C=O) groups is 2. The third-order valence-corrected chi connectivity index (χ3v) is 7.47. The van der Waals surface area contributed by atoms with Crippen LogP contribution in [0.15, 0.2) is 66.7 Å². The summed E-state index contributed by atoms with van der Waals surface area (Å²) in [6.07, 6.45) is 4.16. The topological polar surface area (TPSA) is 103 Å². The number of hydrogen-bond donors (Lipinski definition) is 3. The van der Waals surface area contributed by atoms with E-state index in [1.165, 1.54) is 12.5 Å². The van der Waals surface area contributed by atoms with Gasteiger partial charge >= 0.3 is 0 Å². The van der Waals surface area contributed by atoms with Gasteiger partial charge in [-0.25, -0.2) is 9.97 Å². The molecule has 8 nitrogen and oxygen atoms in total. The van der Waals surface area contributed by atoms with Crippen molar-refractivity contribution in [1.29, 1.82) is 0 Å². The minimum atomic E-state index is -0.0820. The number of benzene rings is 2. The van der Waals surface area contributed by atoms with Crippen LogP contribution in [0.3, 0.4) is 0 Å². The number of likely N-dealkylation sites (tertiary alicyclic amines) is 1. The highest BCUT2D eigenvalue weighted by Gasteiger charge is 2.34. The van der Waals surface area contributed by atoms with Gasteiger partial charge in [0.15, 0.2) is 5.82 Å². The number of amides is 2. The van der Waals surface area contributed by atoms with Crippen molar-refractivity contribution in [1.82, 2.24) is 25.2 Å². The molecular weight excluding hydrogens is 488 g/mol. The number of aryl methyl sites for hydroxylation is 1. The van der Waals surface area contributed by atoms with Crippen LogP contribution in [0, 0.1) is 5.41 Å². The molecule has 1 atom stereocenters.